The van der Waals surface area contributed by atoms with Gasteiger partial charge in [-0.25, -0.2) is 0 Å². The van der Waals surface area contributed by atoms with Crippen molar-refractivity contribution in [3.05, 3.63) is 35.9 Å². The molecule has 1 aliphatic rings. The minimum Gasteiger partial charge on any atom is -0.368 e. The SMILES string of the molecule is NCC(=O)C1CN(Cc2ccccc2)CCO1. The maximum absolute atomic E-state index is 11.5. The second-order valence-corrected chi connectivity index (χ2v) is 4.25. The molecule has 1 heterocycles. The molecule has 17 heavy (non-hydrogen) atoms. The molecular weight excluding hydrogens is 216 g/mol. The minimum atomic E-state index is -0.350. The molecule has 0 amide bonds. The molecule has 1 fully saturated rings. The summed E-state index contributed by atoms with van der Waals surface area (Å²) in [6.45, 7) is 3.03. The molecule has 1 aromatic rings. The second kappa shape index (κ2) is 5.91. The van der Waals surface area contributed by atoms with Gasteiger partial charge in [0.2, 0.25) is 0 Å². The first-order valence-electron chi connectivity index (χ1n) is 5.90. The number of hydrogen-bond acceptors (Lipinski definition) is 4. The van der Waals surface area contributed by atoms with E-state index >= 15 is 0 Å². The summed E-state index contributed by atoms with van der Waals surface area (Å²) in [7, 11) is 0. The van der Waals surface area contributed by atoms with Crippen LogP contribution in [0.1, 0.15) is 5.56 Å². The molecule has 1 aliphatic heterocycles. The van der Waals surface area contributed by atoms with E-state index in [0.717, 1.165) is 13.1 Å². The largest absolute Gasteiger partial charge is 0.368 e. The molecule has 1 saturated heterocycles. The lowest BCUT2D eigenvalue weighted by Gasteiger charge is -2.31. The number of carbonyl (C=O) groups is 1. The number of Topliss-reactive ketones (excluding diaryl/α,β-unsaturated/α-hetero) is 1. The summed E-state index contributed by atoms with van der Waals surface area (Å²) in [6, 6.07) is 10.2. The highest BCUT2D eigenvalue weighted by Crippen LogP contribution is 2.10. The predicted molar refractivity (Wildman–Crippen MR) is 65.5 cm³/mol. The van der Waals surface area contributed by atoms with Crippen LogP contribution in [0, 0.1) is 0 Å². The van der Waals surface area contributed by atoms with Crippen LogP contribution in [-0.4, -0.2) is 43.0 Å². The molecular formula is C13H18N2O2. The molecule has 2 rings (SSSR count). The summed E-state index contributed by atoms with van der Waals surface area (Å²) in [5, 5.41) is 0. The monoisotopic (exact) mass is 234 g/mol. The lowest BCUT2D eigenvalue weighted by molar-refractivity contribution is -0.135. The third-order valence-electron chi connectivity index (χ3n) is 2.96. The van der Waals surface area contributed by atoms with Crippen LogP contribution in [0.4, 0.5) is 0 Å². The van der Waals surface area contributed by atoms with Crippen molar-refractivity contribution in [2.24, 2.45) is 5.73 Å². The van der Waals surface area contributed by atoms with Crippen LogP contribution in [0.15, 0.2) is 30.3 Å². The van der Waals surface area contributed by atoms with Gasteiger partial charge in [-0.15, -0.1) is 0 Å². The summed E-state index contributed by atoms with van der Waals surface area (Å²) in [5.74, 6) is -0.0113. The average Bonchev–Trinajstić information content (AvgIpc) is 2.39. The zero-order chi connectivity index (χ0) is 12.1. The van der Waals surface area contributed by atoms with E-state index < -0.39 is 0 Å². The Labute approximate surface area is 101 Å². The highest BCUT2D eigenvalue weighted by Gasteiger charge is 2.25. The minimum absolute atomic E-state index is 0.0113. The van der Waals surface area contributed by atoms with Crippen LogP contribution < -0.4 is 5.73 Å². The van der Waals surface area contributed by atoms with Gasteiger partial charge in [0.1, 0.15) is 6.10 Å². The van der Waals surface area contributed by atoms with Crippen molar-refractivity contribution < 1.29 is 9.53 Å². The van der Waals surface area contributed by atoms with Crippen molar-refractivity contribution in [3.63, 3.8) is 0 Å². The van der Waals surface area contributed by atoms with E-state index in [-0.39, 0.29) is 18.4 Å². The van der Waals surface area contributed by atoms with Crippen molar-refractivity contribution in [2.45, 2.75) is 12.6 Å². The fourth-order valence-electron chi connectivity index (χ4n) is 2.01. The molecule has 0 aliphatic carbocycles. The molecule has 0 bridgehead atoms. The first-order valence-corrected chi connectivity index (χ1v) is 5.90. The molecule has 2 N–H and O–H groups in total. The van der Waals surface area contributed by atoms with E-state index in [0.29, 0.717) is 13.2 Å². The van der Waals surface area contributed by atoms with Crippen LogP contribution in [0.25, 0.3) is 0 Å². The third kappa shape index (κ3) is 3.36. The number of nitrogens with zero attached hydrogens (tertiary/aromatic N) is 1. The highest BCUT2D eigenvalue weighted by molar-refractivity contribution is 5.85. The Hall–Kier alpha value is -1.23. The molecule has 0 saturated carbocycles. The summed E-state index contributed by atoms with van der Waals surface area (Å²) in [5.41, 5.74) is 6.61. The maximum atomic E-state index is 11.5. The Balaban J connectivity index is 1.92. The van der Waals surface area contributed by atoms with Gasteiger partial charge in [0.05, 0.1) is 13.2 Å². The van der Waals surface area contributed by atoms with Gasteiger partial charge in [-0.1, -0.05) is 30.3 Å². The Morgan fingerprint density at radius 2 is 2.18 bits per heavy atom. The van der Waals surface area contributed by atoms with Gasteiger partial charge in [0, 0.05) is 19.6 Å². The van der Waals surface area contributed by atoms with E-state index in [1.165, 1.54) is 5.56 Å². The number of morpholine rings is 1. The maximum Gasteiger partial charge on any atom is 0.176 e. The van der Waals surface area contributed by atoms with E-state index in [4.69, 9.17) is 10.5 Å². The Morgan fingerprint density at radius 3 is 2.88 bits per heavy atom. The van der Waals surface area contributed by atoms with E-state index in [1.54, 1.807) is 0 Å². The molecule has 0 aromatic heterocycles. The van der Waals surface area contributed by atoms with Gasteiger partial charge < -0.3 is 10.5 Å². The number of nitrogens with two attached hydrogens (primary N) is 1. The number of carbonyl (C=O) groups excluding carboxylic acids is 1. The van der Waals surface area contributed by atoms with Crippen LogP contribution in [-0.2, 0) is 16.1 Å². The van der Waals surface area contributed by atoms with Gasteiger partial charge in [0.25, 0.3) is 0 Å². The van der Waals surface area contributed by atoms with Crippen molar-refractivity contribution in [1.82, 2.24) is 4.90 Å². The van der Waals surface area contributed by atoms with Crippen LogP contribution in [0.2, 0.25) is 0 Å². The normalized spacial score (nSPS) is 21.4. The Morgan fingerprint density at radius 1 is 1.41 bits per heavy atom. The first kappa shape index (κ1) is 12.2. The molecule has 4 heteroatoms. The number of ketones is 1. The van der Waals surface area contributed by atoms with E-state index in [9.17, 15) is 4.79 Å². The molecule has 1 aromatic carbocycles. The lowest BCUT2D eigenvalue weighted by atomic mass is 10.1. The van der Waals surface area contributed by atoms with Crippen molar-refractivity contribution >= 4 is 5.78 Å². The lowest BCUT2D eigenvalue weighted by Crippen LogP contribution is -2.47. The number of rotatable bonds is 4. The van der Waals surface area contributed by atoms with Gasteiger partial charge in [-0.3, -0.25) is 9.69 Å². The summed E-state index contributed by atoms with van der Waals surface area (Å²) < 4.78 is 5.43. The number of ether oxygens (including phenoxy) is 1. The molecule has 0 radical (unpaired) electrons. The van der Waals surface area contributed by atoms with E-state index in [2.05, 4.69) is 17.0 Å². The van der Waals surface area contributed by atoms with Gasteiger partial charge >= 0.3 is 0 Å². The van der Waals surface area contributed by atoms with Gasteiger partial charge in [0.15, 0.2) is 5.78 Å². The highest BCUT2D eigenvalue weighted by atomic mass is 16.5. The van der Waals surface area contributed by atoms with Gasteiger partial charge in [-0.05, 0) is 5.56 Å². The smallest absolute Gasteiger partial charge is 0.176 e. The molecule has 1 atom stereocenters. The van der Waals surface area contributed by atoms with Crippen molar-refractivity contribution in [3.8, 4) is 0 Å². The van der Waals surface area contributed by atoms with Crippen molar-refractivity contribution in [2.75, 3.05) is 26.2 Å². The van der Waals surface area contributed by atoms with Gasteiger partial charge in [-0.2, -0.15) is 0 Å². The zero-order valence-electron chi connectivity index (χ0n) is 9.84. The summed E-state index contributed by atoms with van der Waals surface area (Å²) >= 11 is 0. The Kier molecular flexibility index (Phi) is 4.25. The van der Waals surface area contributed by atoms with Crippen molar-refractivity contribution in [1.29, 1.82) is 0 Å². The van der Waals surface area contributed by atoms with E-state index in [1.807, 2.05) is 18.2 Å². The molecule has 92 valence electrons. The fraction of sp³-hybridized carbons (Fsp3) is 0.462. The fourth-order valence-corrected chi connectivity index (χ4v) is 2.01. The summed E-state index contributed by atoms with van der Waals surface area (Å²) in [4.78, 5) is 13.7. The Bertz CT molecular complexity index is 367. The first-order chi connectivity index (χ1) is 8.29. The van der Waals surface area contributed by atoms with Crippen LogP contribution in [0.5, 0.6) is 0 Å². The molecule has 1 unspecified atom stereocenters. The third-order valence-corrected chi connectivity index (χ3v) is 2.96. The molecule has 4 nitrogen and oxygen atoms in total. The average molecular weight is 234 g/mol. The van der Waals surface area contributed by atoms with Crippen LogP contribution in [0.3, 0.4) is 0 Å². The summed E-state index contributed by atoms with van der Waals surface area (Å²) in [6.07, 6.45) is -0.350. The number of hydrogen-bond donors (Lipinski definition) is 1. The second-order valence-electron chi connectivity index (χ2n) is 4.25. The number of benzene rings is 1. The topological polar surface area (TPSA) is 55.6 Å². The molecule has 0 spiro atoms. The standard InChI is InChI=1S/C13H18N2O2/c14-8-12(16)13-10-15(6-7-17-13)9-11-4-2-1-3-5-11/h1-5,13H,6-10,14H2. The predicted octanol–water partition coefficient (Wildman–Crippen LogP) is 0.415. The van der Waals surface area contributed by atoms with Crippen LogP contribution >= 0.6 is 0 Å². The quantitative estimate of drug-likeness (QED) is 0.820. The zero-order valence-corrected chi connectivity index (χ0v) is 9.84.